The van der Waals surface area contributed by atoms with Gasteiger partial charge in [-0.3, -0.25) is 9.69 Å². The summed E-state index contributed by atoms with van der Waals surface area (Å²) in [4.78, 5) is 17.1. The Kier molecular flexibility index (Phi) is 4.55. The first kappa shape index (κ1) is 16.9. The molecule has 0 aliphatic carbocycles. The van der Waals surface area contributed by atoms with Gasteiger partial charge in [0.05, 0.1) is 6.04 Å². The van der Waals surface area contributed by atoms with Crippen LogP contribution in [0, 0.1) is 0 Å². The van der Waals surface area contributed by atoms with Crippen LogP contribution in [0.15, 0.2) is 42.5 Å². The zero-order valence-corrected chi connectivity index (χ0v) is 15.3. The fraction of sp³-hybridized carbons (Fsp3) is 0.381. The minimum Gasteiger partial charge on any atom is -0.454 e. The van der Waals surface area contributed by atoms with Gasteiger partial charge in [0.15, 0.2) is 11.5 Å². The Balaban J connectivity index is 1.47. The lowest BCUT2D eigenvalue weighted by molar-refractivity contribution is -0.123. The number of carbonyl (C=O) groups is 1. The van der Waals surface area contributed by atoms with Gasteiger partial charge in [-0.1, -0.05) is 24.3 Å². The molecule has 0 aromatic heterocycles. The van der Waals surface area contributed by atoms with Crippen molar-refractivity contribution in [1.82, 2.24) is 4.90 Å². The number of rotatable bonds is 4. The molecule has 2 aliphatic heterocycles. The molecule has 0 fully saturated rings. The molecule has 1 amide bonds. The second kappa shape index (κ2) is 7.00. The quantitative estimate of drug-likeness (QED) is 0.847. The van der Waals surface area contributed by atoms with E-state index in [1.54, 1.807) is 0 Å². The van der Waals surface area contributed by atoms with Gasteiger partial charge in [0.1, 0.15) is 0 Å². The van der Waals surface area contributed by atoms with E-state index in [0.717, 1.165) is 42.1 Å². The highest BCUT2D eigenvalue weighted by Crippen LogP contribution is 2.33. The van der Waals surface area contributed by atoms with Gasteiger partial charge >= 0.3 is 0 Å². The van der Waals surface area contributed by atoms with Crippen molar-refractivity contribution < 1.29 is 14.3 Å². The highest BCUT2D eigenvalue weighted by atomic mass is 16.7. The van der Waals surface area contributed by atoms with Crippen molar-refractivity contribution in [2.24, 2.45) is 0 Å². The molecule has 0 N–H and O–H groups in total. The Hall–Kier alpha value is -2.53. The summed E-state index contributed by atoms with van der Waals surface area (Å²) in [5, 5.41) is 0. The van der Waals surface area contributed by atoms with Crippen molar-refractivity contribution in [2.45, 2.75) is 32.4 Å². The van der Waals surface area contributed by atoms with E-state index in [1.807, 2.05) is 49.2 Å². The number of ether oxygens (including phenoxy) is 2. The molecule has 5 heteroatoms. The van der Waals surface area contributed by atoms with Crippen LogP contribution in [0.1, 0.15) is 24.5 Å². The van der Waals surface area contributed by atoms with Gasteiger partial charge in [0.2, 0.25) is 12.7 Å². The van der Waals surface area contributed by atoms with Gasteiger partial charge in [-0.2, -0.15) is 0 Å². The molecule has 136 valence electrons. The minimum atomic E-state index is -0.202. The summed E-state index contributed by atoms with van der Waals surface area (Å²) in [6, 6.07) is 14.0. The van der Waals surface area contributed by atoms with Crippen molar-refractivity contribution >= 4 is 11.6 Å². The van der Waals surface area contributed by atoms with E-state index in [0.29, 0.717) is 6.54 Å². The maximum absolute atomic E-state index is 13.1. The largest absolute Gasteiger partial charge is 0.454 e. The number of aryl methyl sites for hydroxylation is 1. The maximum Gasteiger partial charge on any atom is 0.244 e. The van der Waals surface area contributed by atoms with Gasteiger partial charge in [0, 0.05) is 18.8 Å². The molecule has 26 heavy (non-hydrogen) atoms. The third kappa shape index (κ3) is 3.15. The fourth-order valence-electron chi connectivity index (χ4n) is 3.64. The lowest BCUT2D eigenvalue weighted by Gasteiger charge is -2.34. The Morgan fingerprint density at radius 1 is 1.19 bits per heavy atom. The number of hydrogen-bond acceptors (Lipinski definition) is 4. The molecule has 1 unspecified atom stereocenters. The zero-order chi connectivity index (χ0) is 18.1. The van der Waals surface area contributed by atoms with Gasteiger partial charge in [-0.15, -0.1) is 0 Å². The number of carbonyl (C=O) groups excluding carboxylic acids is 1. The summed E-state index contributed by atoms with van der Waals surface area (Å²) in [7, 11) is 1.99. The third-order valence-corrected chi connectivity index (χ3v) is 5.26. The second-order valence-electron chi connectivity index (χ2n) is 7.00. The van der Waals surface area contributed by atoms with Gasteiger partial charge in [-0.25, -0.2) is 0 Å². The number of amides is 1. The Bertz CT molecular complexity index is 821. The number of nitrogens with zero attached hydrogens (tertiary/aromatic N) is 2. The van der Waals surface area contributed by atoms with E-state index in [4.69, 9.17) is 9.47 Å². The fourth-order valence-corrected chi connectivity index (χ4v) is 3.64. The standard InChI is InChI=1S/C21H24N2O3/c1-15(21(24)23-11-5-7-17-6-3-4-8-18(17)23)22(2)13-16-9-10-19-20(12-16)26-14-25-19/h3-4,6,8-10,12,15H,5,7,11,13-14H2,1-2H3. The highest BCUT2D eigenvalue weighted by molar-refractivity contribution is 5.98. The lowest BCUT2D eigenvalue weighted by Crippen LogP contribution is -2.47. The molecule has 2 aliphatic rings. The topological polar surface area (TPSA) is 42.0 Å². The Morgan fingerprint density at radius 3 is 2.88 bits per heavy atom. The number of benzene rings is 2. The maximum atomic E-state index is 13.1. The summed E-state index contributed by atoms with van der Waals surface area (Å²) < 4.78 is 10.8. The van der Waals surface area contributed by atoms with Crippen molar-refractivity contribution in [2.75, 3.05) is 25.3 Å². The molecule has 5 nitrogen and oxygen atoms in total. The number of para-hydroxylation sites is 1. The molecule has 4 rings (SSSR count). The SMILES string of the molecule is CC(C(=O)N1CCCc2ccccc21)N(C)Cc1ccc2c(c1)OCO2. The number of likely N-dealkylation sites (N-methyl/N-ethyl adjacent to an activating group) is 1. The van der Waals surface area contributed by atoms with Crippen LogP contribution in [-0.4, -0.2) is 37.2 Å². The molecule has 0 bridgehead atoms. The third-order valence-electron chi connectivity index (χ3n) is 5.26. The zero-order valence-electron chi connectivity index (χ0n) is 15.3. The smallest absolute Gasteiger partial charge is 0.244 e. The van der Waals surface area contributed by atoms with Crippen molar-refractivity contribution in [1.29, 1.82) is 0 Å². The Labute approximate surface area is 154 Å². The van der Waals surface area contributed by atoms with Gasteiger partial charge in [0.25, 0.3) is 0 Å². The molecule has 0 radical (unpaired) electrons. The summed E-state index contributed by atoms with van der Waals surface area (Å²) in [5.41, 5.74) is 3.43. The van der Waals surface area contributed by atoms with Crippen LogP contribution in [-0.2, 0) is 17.8 Å². The predicted molar refractivity (Wildman–Crippen MR) is 101 cm³/mol. The summed E-state index contributed by atoms with van der Waals surface area (Å²) in [5.74, 6) is 1.71. The van der Waals surface area contributed by atoms with Gasteiger partial charge < -0.3 is 14.4 Å². The molecule has 2 heterocycles. The van der Waals surface area contributed by atoms with E-state index in [1.165, 1.54) is 5.56 Å². The van der Waals surface area contributed by atoms with E-state index >= 15 is 0 Å². The molecule has 2 aromatic rings. The first-order valence-corrected chi connectivity index (χ1v) is 9.11. The van der Waals surface area contributed by atoms with Crippen LogP contribution in [0.4, 0.5) is 5.69 Å². The van der Waals surface area contributed by atoms with E-state index in [-0.39, 0.29) is 18.7 Å². The second-order valence-corrected chi connectivity index (χ2v) is 7.00. The van der Waals surface area contributed by atoms with Gasteiger partial charge in [-0.05, 0) is 56.1 Å². The van der Waals surface area contributed by atoms with Crippen LogP contribution in [0.5, 0.6) is 11.5 Å². The van der Waals surface area contributed by atoms with Crippen molar-refractivity contribution in [3.05, 3.63) is 53.6 Å². The number of fused-ring (bicyclic) bond motifs is 2. The van der Waals surface area contributed by atoms with Crippen LogP contribution in [0.25, 0.3) is 0 Å². The van der Waals surface area contributed by atoms with Crippen molar-refractivity contribution in [3.63, 3.8) is 0 Å². The van der Waals surface area contributed by atoms with Crippen LogP contribution < -0.4 is 14.4 Å². The average Bonchev–Trinajstić information content (AvgIpc) is 3.14. The molecule has 0 saturated heterocycles. The number of anilines is 1. The first-order valence-electron chi connectivity index (χ1n) is 9.11. The first-order chi connectivity index (χ1) is 12.6. The summed E-state index contributed by atoms with van der Waals surface area (Å²) in [6.45, 7) is 3.72. The summed E-state index contributed by atoms with van der Waals surface area (Å²) >= 11 is 0. The van der Waals surface area contributed by atoms with E-state index < -0.39 is 0 Å². The van der Waals surface area contributed by atoms with E-state index in [2.05, 4.69) is 17.0 Å². The van der Waals surface area contributed by atoms with Crippen LogP contribution >= 0.6 is 0 Å². The Morgan fingerprint density at radius 2 is 2.00 bits per heavy atom. The molecular weight excluding hydrogens is 328 g/mol. The number of hydrogen-bond donors (Lipinski definition) is 0. The average molecular weight is 352 g/mol. The normalized spacial score (nSPS) is 16.5. The van der Waals surface area contributed by atoms with Crippen molar-refractivity contribution in [3.8, 4) is 11.5 Å². The molecule has 0 saturated carbocycles. The van der Waals surface area contributed by atoms with E-state index in [9.17, 15) is 4.79 Å². The molecule has 0 spiro atoms. The molecule has 2 aromatic carbocycles. The molecular formula is C21H24N2O3. The lowest BCUT2D eigenvalue weighted by atomic mass is 10.0. The highest BCUT2D eigenvalue weighted by Gasteiger charge is 2.28. The van der Waals surface area contributed by atoms with Crippen LogP contribution in [0.3, 0.4) is 0 Å². The predicted octanol–water partition coefficient (Wildman–Crippen LogP) is 3.22. The molecule has 1 atom stereocenters. The summed E-state index contributed by atoms with van der Waals surface area (Å²) in [6.07, 6.45) is 2.06. The minimum absolute atomic E-state index is 0.153. The van der Waals surface area contributed by atoms with Crippen LogP contribution in [0.2, 0.25) is 0 Å². The monoisotopic (exact) mass is 352 g/mol.